The van der Waals surface area contributed by atoms with E-state index in [0.717, 1.165) is 23.6 Å². The van der Waals surface area contributed by atoms with Gasteiger partial charge in [0.05, 0.1) is 0 Å². The molecule has 1 saturated carbocycles. The van der Waals surface area contributed by atoms with Crippen LogP contribution in [0.5, 0.6) is 5.75 Å². The smallest absolute Gasteiger partial charge is 0.126 e. The summed E-state index contributed by atoms with van der Waals surface area (Å²) in [6, 6.07) is 6.63. The summed E-state index contributed by atoms with van der Waals surface area (Å²) in [5.41, 5.74) is 2.81. The highest BCUT2D eigenvalue weighted by atomic mass is 79.9. The maximum Gasteiger partial charge on any atom is 0.126 e. The van der Waals surface area contributed by atoms with Gasteiger partial charge in [-0.05, 0) is 43.2 Å². The molecule has 1 aromatic carbocycles. The fourth-order valence-electron chi connectivity index (χ4n) is 2.73. The van der Waals surface area contributed by atoms with Crippen molar-refractivity contribution in [1.29, 1.82) is 0 Å². The van der Waals surface area contributed by atoms with Crippen LogP contribution in [-0.2, 0) is 6.42 Å². The Morgan fingerprint density at radius 1 is 1.44 bits per heavy atom. The van der Waals surface area contributed by atoms with Crippen molar-refractivity contribution in [2.75, 3.05) is 5.33 Å². The second kappa shape index (κ2) is 3.49. The lowest BCUT2D eigenvalue weighted by Gasteiger charge is -2.18. The summed E-state index contributed by atoms with van der Waals surface area (Å²) in [4.78, 5) is 0. The number of hydrogen-bond donors (Lipinski definition) is 0. The SMILES string of the molecule is CC1(C)Cc2cccc(C3CC3CBr)c2O1. The van der Waals surface area contributed by atoms with Crippen molar-refractivity contribution < 1.29 is 4.74 Å². The van der Waals surface area contributed by atoms with Crippen LogP contribution in [0.1, 0.15) is 37.3 Å². The number of alkyl halides is 1. The monoisotopic (exact) mass is 280 g/mol. The lowest BCUT2D eigenvalue weighted by atomic mass is 9.99. The summed E-state index contributed by atoms with van der Waals surface area (Å²) in [6.07, 6.45) is 2.35. The number of rotatable bonds is 2. The van der Waals surface area contributed by atoms with E-state index in [0.29, 0.717) is 0 Å². The van der Waals surface area contributed by atoms with Crippen LogP contribution < -0.4 is 4.74 Å². The molecular formula is C14H17BrO. The Hall–Kier alpha value is -0.500. The first kappa shape index (κ1) is 10.6. The van der Waals surface area contributed by atoms with E-state index in [1.54, 1.807) is 0 Å². The molecule has 2 aliphatic rings. The van der Waals surface area contributed by atoms with Gasteiger partial charge in [-0.15, -0.1) is 0 Å². The van der Waals surface area contributed by atoms with Gasteiger partial charge in [0.2, 0.25) is 0 Å². The standard InChI is InChI=1S/C14H17BrO/c1-14(2)7-9-4-3-5-11(13(9)16-14)12-6-10(12)8-15/h3-5,10,12H,6-8H2,1-2H3. The molecule has 0 saturated heterocycles. The van der Waals surface area contributed by atoms with Gasteiger partial charge in [0.25, 0.3) is 0 Å². The van der Waals surface area contributed by atoms with Crippen LogP contribution in [0, 0.1) is 5.92 Å². The van der Waals surface area contributed by atoms with E-state index in [4.69, 9.17) is 4.74 Å². The summed E-state index contributed by atoms with van der Waals surface area (Å²) >= 11 is 3.58. The average molecular weight is 281 g/mol. The second-order valence-electron chi connectivity index (χ2n) is 5.63. The molecule has 0 N–H and O–H groups in total. The summed E-state index contributed by atoms with van der Waals surface area (Å²) in [6.45, 7) is 4.34. The minimum Gasteiger partial charge on any atom is -0.487 e. The first-order valence-electron chi connectivity index (χ1n) is 5.97. The third-order valence-electron chi connectivity index (χ3n) is 3.64. The highest BCUT2D eigenvalue weighted by Crippen LogP contribution is 2.53. The molecule has 1 aliphatic heterocycles. The van der Waals surface area contributed by atoms with Crippen LogP contribution >= 0.6 is 15.9 Å². The van der Waals surface area contributed by atoms with Crippen LogP contribution in [0.3, 0.4) is 0 Å². The third kappa shape index (κ3) is 1.67. The van der Waals surface area contributed by atoms with Gasteiger partial charge in [-0.25, -0.2) is 0 Å². The van der Waals surface area contributed by atoms with Gasteiger partial charge in [0.1, 0.15) is 11.4 Å². The second-order valence-corrected chi connectivity index (χ2v) is 6.28. The highest BCUT2D eigenvalue weighted by Gasteiger charge is 2.42. The van der Waals surface area contributed by atoms with Gasteiger partial charge >= 0.3 is 0 Å². The molecular weight excluding hydrogens is 264 g/mol. The Bertz CT molecular complexity index is 425. The molecule has 2 atom stereocenters. The van der Waals surface area contributed by atoms with Crippen molar-refractivity contribution in [2.24, 2.45) is 5.92 Å². The van der Waals surface area contributed by atoms with Crippen LogP contribution in [0.15, 0.2) is 18.2 Å². The van der Waals surface area contributed by atoms with Crippen LogP contribution in [-0.4, -0.2) is 10.9 Å². The topological polar surface area (TPSA) is 9.23 Å². The zero-order chi connectivity index (χ0) is 11.3. The predicted molar refractivity (Wildman–Crippen MR) is 69.5 cm³/mol. The molecule has 0 spiro atoms. The lowest BCUT2D eigenvalue weighted by Crippen LogP contribution is -2.24. The molecule has 3 rings (SSSR count). The van der Waals surface area contributed by atoms with Crippen molar-refractivity contribution >= 4 is 15.9 Å². The molecule has 0 bridgehead atoms. The number of benzene rings is 1. The zero-order valence-corrected chi connectivity index (χ0v) is 11.4. The molecule has 1 aromatic rings. The average Bonchev–Trinajstić information content (AvgIpc) is 2.92. The lowest BCUT2D eigenvalue weighted by molar-refractivity contribution is 0.137. The third-order valence-corrected chi connectivity index (χ3v) is 4.47. The molecule has 0 radical (unpaired) electrons. The van der Waals surface area contributed by atoms with E-state index in [9.17, 15) is 0 Å². The quantitative estimate of drug-likeness (QED) is 0.747. The minimum atomic E-state index is -0.0166. The van der Waals surface area contributed by atoms with E-state index >= 15 is 0 Å². The predicted octanol–water partition coefficient (Wildman–Crippen LogP) is 3.90. The van der Waals surface area contributed by atoms with E-state index in [-0.39, 0.29) is 5.60 Å². The molecule has 2 unspecified atom stereocenters. The fourth-order valence-corrected chi connectivity index (χ4v) is 3.45. The van der Waals surface area contributed by atoms with Crippen molar-refractivity contribution in [3.8, 4) is 5.75 Å². The van der Waals surface area contributed by atoms with Crippen LogP contribution in [0.4, 0.5) is 0 Å². The Kier molecular flexibility index (Phi) is 2.32. The van der Waals surface area contributed by atoms with Gasteiger partial charge in [0.15, 0.2) is 0 Å². The van der Waals surface area contributed by atoms with E-state index in [2.05, 4.69) is 48.0 Å². The van der Waals surface area contributed by atoms with Crippen molar-refractivity contribution in [1.82, 2.24) is 0 Å². The molecule has 1 aliphatic carbocycles. The Morgan fingerprint density at radius 2 is 2.25 bits per heavy atom. The number of halogens is 1. The first-order valence-corrected chi connectivity index (χ1v) is 7.09. The van der Waals surface area contributed by atoms with E-state index in [1.807, 2.05) is 0 Å². The largest absolute Gasteiger partial charge is 0.487 e. The molecule has 1 heterocycles. The fraction of sp³-hybridized carbons (Fsp3) is 0.571. The van der Waals surface area contributed by atoms with Gasteiger partial charge in [-0.1, -0.05) is 34.1 Å². The van der Waals surface area contributed by atoms with Crippen molar-refractivity contribution in [3.63, 3.8) is 0 Å². The molecule has 2 heteroatoms. The Morgan fingerprint density at radius 3 is 2.94 bits per heavy atom. The van der Waals surface area contributed by atoms with Gasteiger partial charge in [0, 0.05) is 11.8 Å². The van der Waals surface area contributed by atoms with Gasteiger partial charge < -0.3 is 4.74 Å². The summed E-state index contributed by atoms with van der Waals surface area (Å²) in [5.74, 6) is 2.72. The maximum atomic E-state index is 6.10. The van der Waals surface area contributed by atoms with Gasteiger partial charge in [-0.2, -0.15) is 0 Å². The van der Waals surface area contributed by atoms with Crippen LogP contribution in [0.2, 0.25) is 0 Å². The summed E-state index contributed by atoms with van der Waals surface area (Å²) in [5, 5.41) is 1.12. The normalized spacial score (nSPS) is 29.7. The minimum absolute atomic E-state index is 0.0166. The van der Waals surface area contributed by atoms with E-state index < -0.39 is 0 Å². The summed E-state index contributed by atoms with van der Waals surface area (Å²) in [7, 11) is 0. The maximum absolute atomic E-state index is 6.10. The zero-order valence-electron chi connectivity index (χ0n) is 9.79. The van der Waals surface area contributed by atoms with Gasteiger partial charge in [-0.3, -0.25) is 0 Å². The molecule has 86 valence electrons. The molecule has 0 aromatic heterocycles. The van der Waals surface area contributed by atoms with E-state index in [1.165, 1.54) is 23.3 Å². The Labute approximate surface area is 105 Å². The first-order chi connectivity index (χ1) is 7.61. The highest BCUT2D eigenvalue weighted by molar-refractivity contribution is 9.09. The summed E-state index contributed by atoms with van der Waals surface area (Å²) < 4.78 is 6.10. The number of hydrogen-bond acceptors (Lipinski definition) is 1. The molecule has 0 amide bonds. The van der Waals surface area contributed by atoms with Crippen molar-refractivity contribution in [2.45, 2.75) is 38.2 Å². The van der Waals surface area contributed by atoms with Crippen molar-refractivity contribution in [3.05, 3.63) is 29.3 Å². The van der Waals surface area contributed by atoms with Crippen LogP contribution in [0.25, 0.3) is 0 Å². The molecule has 1 fully saturated rings. The number of fused-ring (bicyclic) bond motifs is 1. The molecule has 16 heavy (non-hydrogen) atoms. The Balaban J connectivity index is 1.95. The number of ether oxygens (including phenoxy) is 1. The number of para-hydroxylation sites is 1. The molecule has 1 nitrogen and oxygen atoms in total.